The Balaban J connectivity index is 1.90. The van der Waals surface area contributed by atoms with E-state index in [-0.39, 0.29) is 24.3 Å². The molecule has 21 heavy (non-hydrogen) atoms. The first-order valence-electron chi connectivity index (χ1n) is 7.78. The van der Waals surface area contributed by atoms with E-state index < -0.39 is 0 Å². The van der Waals surface area contributed by atoms with Crippen molar-refractivity contribution >= 4 is 17.5 Å². The predicted molar refractivity (Wildman–Crippen MR) is 84.2 cm³/mol. The lowest BCUT2D eigenvalue weighted by Crippen LogP contribution is -2.35. The number of carbonyl (C=O) groups excluding carboxylic acids is 2. The van der Waals surface area contributed by atoms with Gasteiger partial charge in [0.15, 0.2) is 0 Å². The van der Waals surface area contributed by atoms with Crippen molar-refractivity contribution < 1.29 is 9.59 Å². The normalized spacial score (nSPS) is 15.0. The number of para-hydroxylation sites is 1. The fraction of sp³-hybridized carbons (Fsp3) is 0.529. The van der Waals surface area contributed by atoms with E-state index in [1.54, 1.807) is 0 Å². The zero-order valence-corrected chi connectivity index (χ0v) is 12.9. The molecule has 114 valence electrons. The van der Waals surface area contributed by atoms with Crippen molar-refractivity contribution in [1.29, 1.82) is 0 Å². The van der Waals surface area contributed by atoms with Crippen LogP contribution >= 0.6 is 0 Å². The lowest BCUT2D eigenvalue weighted by atomic mass is 10.1. The summed E-state index contributed by atoms with van der Waals surface area (Å²) in [5.41, 5.74) is 2.97. The number of amides is 2. The minimum absolute atomic E-state index is 0.103. The molecule has 1 fully saturated rings. The van der Waals surface area contributed by atoms with Crippen molar-refractivity contribution in [3.8, 4) is 0 Å². The van der Waals surface area contributed by atoms with Crippen LogP contribution in [0.3, 0.4) is 0 Å². The molecule has 0 spiro atoms. The highest BCUT2D eigenvalue weighted by molar-refractivity contribution is 6.04. The maximum atomic E-state index is 12.0. The van der Waals surface area contributed by atoms with E-state index in [1.807, 2.05) is 25.1 Å². The molecule has 2 N–H and O–H groups in total. The number of anilines is 1. The Hall–Kier alpha value is -1.84. The Morgan fingerprint density at radius 2 is 1.90 bits per heavy atom. The smallest absolute Gasteiger partial charge is 0.233 e. The summed E-state index contributed by atoms with van der Waals surface area (Å²) >= 11 is 0. The zero-order valence-electron chi connectivity index (χ0n) is 12.9. The Bertz CT molecular complexity index is 520. The SMILES string of the molecule is CCc1cccc(C)c1NC(=O)CC(=O)NC1CCCC1. The number of benzene rings is 1. The number of carbonyl (C=O) groups is 2. The maximum absolute atomic E-state index is 12.0. The molecular formula is C17H24N2O2. The molecule has 0 heterocycles. The van der Waals surface area contributed by atoms with Gasteiger partial charge in [-0.25, -0.2) is 0 Å². The fourth-order valence-electron chi connectivity index (χ4n) is 2.88. The minimum Gasteiger partial charge on any atom is -0.353 e. The molecule has 0 atom stereocenters. The van der Waals surface area contributed by atoms with Crippen molar-refractivity contribution in [3.05, 3.63) is 29.3 Å². The summed E-state index contributed by atoms with van der Waals surface area (Å²) in [4.78, 5) is 23.9. The number of rotatable bonds is 5. The van der Waals surface area contributed by atoms with E-state index in [2.05, 4.69) is 17.6 Å². The third kappa shape index (κ3) is 4.31. The highest BCUT2D eigenvalue weighted by Crippen LogP contribution is 2.21. The van der Waals surface area contributed by atoms with Crippen LogP contribution in [0.25, 0.3) is 0 Å². The second-order valence-electron chi connectivity index (χ2n) is 5.74. The molecule has 1 aromatic rings. The summed E-state index contributed by atoms with van der Waals surface area (Å²) in [6, 6.07) is 6.21. The molecule has 1 saturated carbocycles. The molecule has 0 unspecified atom stereocenters. The largest absolute Gasteiger partial charge is 0.353 e. The Labute approximate surface area is 126 Å². The number of nitrogens with one attached hydrogen (secondary N) is 2. The van der Waals surface area contributed by atoms with Gasteiger partial charge in [0, 0.05) is 11.7 Å². The Kier molecular flexibility index (Phi) is 5.37. The molecule has 2 amide bonds. The quantitative estimate of drug-likeness (QED) is 0.818. The van der Waals surface area contributed by atoms with Gasteiger partial charge in [-0.3, -0.25) is 9.59 Å². The highest BCUT2D eigenvalue weighted by atomic mass is 16.2. The first kappa shape index (κ1) is 15.5. The van der Waals surface area contributed by atoms with Crippen LogP contribution in [-0.2, 0) is 16.0 Å². The molecule has 1 aliphatic carbocycles. The van der Waals surface area contributed by atoms with Gasteiger partial charge in [-0.1, -0.05) is 38.0 Å². The monoisotopic (exact) mass is 288 g/mol. The van der Waals surface area contributed by atoms with Crippen LogP contribution in [-0.4, -0.2) is 17.9 Å². The van der Waals surface area contributed by atoms with Crippen LogP contribution in [0, 0.1) is 6.92 Å². The van der Waals surface area contributed by atoms with E-state index >= 15 is 0 Å². The molecule has 1 aromatic carbocycles. The van der Waals surface area contributed by atoms with E-state index in [0.717, 1.165) is 36.1 Å². The molecule has 4 nitrogen and oxygen atoms in total. The van der Waals surface area contributed by atoms with Crippen molar-refractivity contribution in [1.82, 2.24) is 5.32 Å². The summed E-state index contributed by atoms with van der Waals surface area (Å²) in [6.07, 6.45) is 5.15. The predicted octanol–water partition coefficient (Wildman–Crippen LogP) is 2.94. The van der Waals surface area contributed by atoms with Gasteiger partial charge in [0.25, 0.3) is 0 Å². The molecule has 2 rings (SSSR count). The van der Waals surface area contributed by atoms with Gasteiger partial charge in [0.2, 0.25) is 11.8 Å². The van der Waals surface area contributed by atoms with Gasteiger partial charge in [-0.2, -0.15) is 0 Å². The van der Waals surface area contributed by atoms with E-state index in [0.29, 0.717) is 0 Å². The topological polar surface area (TPSA) is 58.2 Å². The third-order valence-electron chi connectivity index (χ3n) is 4.05. The minimum atomic E-state index is -0.241. The number of aryl methyl sites for hydroxylation is 2. The third-order valence-corrected chi connectivity index (χ3v) is 4.05. The molecule has 4 heteroatoms. The van der Waals surface area contributed by atoms with Crippen LogP contribution in [0.1, 0.15) is 50.2 Å². The van der Waals surface area contributed by atoms with Crippen LogP contribution in [0.4, 0.5) is 5.69 Å². The van der Waals surface area contributed by atoms with E-state index in [1.165, 1.54) is 12.8 Å². The lowest BCUT2D eigenvalue weighted by molar-refractivity contribution is -0.127. The van der Waals surface area contributed by atoms with Crippen molar-refractivity contribution in [2.45, 2.75) is 58.4 Å². The van der Waals surface area contributed by atoms with Crippen LogP contribution in [0.2, 0.25) is 0 Å². The summed E-state index contributed by atoms with van der Waals surface area (Å²) in [5.74, 6) is -0.416. The van der Waals surface area contributed by atoms with Crippen LogP contribution < -0.4 is 10.6 Å². The standard InChI is InChI=1S/C17H24N2O2/c1-3-13-8-6-7-12(2)17(13)19-16(21)11-15(20)18-14-9-4-5-10-14/h6-8,14H,3-5,9-11H2,1-2H3,(H,18,20)(H,19,21). The summed E-state index contributed by atoms with van der Waals surface area (Å²) in [5, 5.41) is 5.82. The number of hydrogen-bond acceptors (Lipinski definition) is 2. The molecule has 0 aromatic heterocycles. The molecule has 0 radical (unpaired) electrons. The summed E-state index contributed by atoms with van der Waals surface area (Å²) in [6.45, 7) is 4.02. The van der Waals surface area contributed by atoms with Crippen molar-refractivity contribution in [2.24, 2.45) is 0 Å². The van der Waals surface area contributed by atoms with Gasteiger partial charge in [-0.05, 0) is 37.3 Å². The lowest BCUT2D eigenvalue weighted by Gasteiger charge is -2.14. The molecule has 0 aliphatic heterocycles. The Morgan fingerprint density at radius 1 is 1.19 bits per heavy atom. The van der Waals surface area contributed by atoms with Gasteiger partial charge in [-0.15, -0.1) is 0 Å². The fourth-order valence-corrected chi connectivity index (χ4v) is 2.88. The van der Waals surface area contributed by atoms with Gasteiger partial charge >= 0.3 is 0 Å². The average Bonchev–Trinajstić information content (AvgIpc) is 2.93. The highest BCUT2D eigenvalue weighted by Gasteiger charge is 2.19. The van der Waals surface area contributed by atoms with Crippen molar-refractivity contribution in [3.63, 3.8) is 0 Å². The van der Waals surface area contributed by atoms with Crippen LogP contribution in [0.5, 0.6) is 0 Å². The van der Waals surface area contributed by atoms with Gasteiger partial charge in [0.05, 0.1) is 0 Å². The van der Waals surface area contributed by atoms with E-state index in [4.69, 9.17) is 0 Å². The first-order valence-corrected chi connectivity index (χ1v) is 7.78. The second kappa shape index (κ2) is 7.25. The van der Waals surface area contributed by atoms with Gasteiger partial charge in [0.1, 0.15) is 6.42 Å². The second-order valence-corrected chi connectivity index (χ2v) is 5.74. The maximum Gasteiger partial charge on any atom is 0.233 e. The number of hydrogen-bond donors (Lipinski definition) is 2. The Morgan fingerprint density at radius 3 is 2.57 bits per heavy atom. The summed E-state index contributed by atoms with van der Waals surface area (Å²) in [7, 11) is 0. The molecule has 1 aliphatic rings. The average molecular weight is 288 g/mol. The van der Waals surface area contributed by atoms with E-state index in [9.17, 15) is 9.59 Å². The molecule has 0 bridgehead atoms. The molecule has 0 saturated heterocycles. The van der Waals surface area contributed by atoms with Crippen LogP contribution in [0.15, 0.2) is 18.2 Å². The van der Waals surface area contributed by atoms with Crippen molar-refractivity contribution in [2.75, 3.05) is 5.32 Å². The first-order chi connectivity index (χ1) is 10.1. The molecular weight excluding hydrogens is 264 g/mol. The van der Waals surface area contributed by atoms with Gasteiger partial charge < -0.3 is 10.6 Å². The zero-order chi connectivity index (χ0) is 15.2. The summed E-state index contributed by atoms with van der Waals surface area (Å²) < 4.78 is 0.